The minimum absolute atomic E-state index is 0.00907. The maximum Gasteiger partial charge on any atom is 0.241 e. The number of sulfone groups is 1. The zero-order chi connectivity index (χ0) is 15.9. The third kappa shape index (κ3) is 2.90. The van der Waals surface area contributed by atoms with Crippen molar-refractivity contribution in [3.05, 3.63) is 30.3 Å². The topological polar surface area (TPSA) is 57.7 Å². The number of carbonyl (C=O) groups excluding carboxylic acids is 1. The van der Waals surface area contributed by atoms with E-state index in [-0.39, 0.29) is 29.5 Å². The Balaban J connectivity index is 1.96. The fourth-order valence-electron chi connectivity index (χ4n) is 3.55. The van der Waals surface area contributed by atoms with Crippen molar-refractivity contribution in [3.63, 3.8) is 0 Å². The van der Waals surface area contributed by atoms with E-state index in [0.29, 0.717) is 12.5 Å². The molecule has 2 aliphatic heterocycles. The molecule has 2 saturated heterocycles. The summed E-state index contributed by atoms with van der Waals surface area (Å²) in [5.41, 5.74) is 0.795. The highest BCUT2D eigenvalue weighted by Crippen LogP contribution is 2.31. The number of piperazine rings is 1. The Bertz CT molecular complexity index is 657. The van der Waals surface area contributed by atoms with Crippen LogP contribution in [-0.2, 0) is 14.6 Å². The van der Waals surface area contributed by atoms with Crippen molar-refractivity contribution in [2.45, 2.75) is 25.9 Å². The van der Waals surface area contributed by atoms with Gasteiger partial charge in [0, 0.05) is 18.3 Å². The van der Waals surface area contributed by atoms with Gasteiger partial charge in [-0.05, 0) is 18.1 Å². The van der Waals surface area contributed by atoms with Crippen LogP contribution in [0.1, 0.15) is 13.8 Å². The van der Waals surface area contributed by atoms with Gasteiger partial charge in [0.2, 0.25) is 5.91 Å². The van der Waals surface area contributed by atoms with E-state index >= 15 is 0 Å². The van der Waals surface area contributed by atoms with Crippen molar-refractivity contribution in [3.8, 4) is 0 Å². The van der Waals surface area contributed by atoms with E-state index in [2.05, 4.69) is 18.7 Å². The SMILES string of the molecule is CC(C)CN1CC(=O)N(c2ccccc2)[C@@H]2CS(=O)(=O)C[C@@H]21. The first kappa shape index (κ1) is 15.5. The molecule has 0 N–H and O–H groups in total. The van der Waals surface area contributed by atoms with Crippen molar-refractivity contribution in [1.29, 1.82) is 0 Å². The number of hydrogen-bond acceptors (Lipinski definition) is 4. The molecule has 0 saturated carbocycles. The highest BCUT2D eigenvalue weighted by molar-refractivity contribution is 7.91. The third-order valence-corrected chi connectivity index (χ3v) is 6.03. The number of para-hydroxylation sites is 1. The van der Waals surface area contributed by atoms with E-state index < -0.39 is 9.84 Å². The zero-order valence-electron chi connectivity index (χ0n) is 13.0. The first-order valence-corrected chi connectivity index (χ1v) is 9.51. The van der Waals surface area contributed by atoms with E-state index in [4.69, 9.17) is 0 Å². The molecule has 3 rings (SSSR count). The molecular weight excluding hydrogens is 300 g/mol. The second-order valence-corrected chi connectivity index (χ2v) is 8.79. The van der Waals surface area contributed by atoms with Crippen LogP contribution >= 0.6 is 0 Å². The number of carbonyl (C=O) groups is 1. The van der Waals surface area contributed by atoms with Crippen LogP contribution in [0, 0.1) is 5.92 Å². The van der Waals surface area contributed by atoms with Crippen LogP contribution in [-0.4, -0.2) is 55.9 Å². The molecule has 0 bridgehead atoms. The van der Waals surface area contributed by atoms with Gasteiger partial charge in [-0.25, -0.2) is 8.42 Å². The monoisotopic (exact) mass is 322 g/mol. The van der Waals surface area contributed by atoms with Crippen LogP contribution in [0.5, 0.6) is 0 Å². The number of hydrogen-bond donors (Lipinski definition) is 0. The summed E-state index contributed by atoms with van der Waals surface area (Å²) in [6.07, 6.45) is 0. The molecule has 1 aromatic carbocycles. The van der Waals surface area contributed by atoms with Gasteiger partial charge in [-0.3, -0.25) is 9.69 Å². The molecule has 0 unspecified atom stereocenters. The number of anilines is 1. The average Bonchev–Trinajstić information content (AvgIpc) is 2.75. The summed E-state index contributed by atoms with van der Waals surface area (Å²) in [5, 5.41) is 0. The van der Waals surface area contributed by atoms with Crippen molar-refractivity contribution >= 4 is 21.4 Å². The summed E-state index contributed by atoms with van der Waals surface area (Å²) in [7, 11) is -3.10. The van der Waals surface area contributed by atoms with E-state index in [1.165, 1.54) is 0 Å². The van der Waals surface area contributed by atoms with E-state index in [0.717, 1.165) is 12.2 Å². The normalized spacial score (nSPS) is 28.1. The summed E-state index contributed by atoms with van der Waals surface area (Å²) in [6.45, 7) is 5.23. The summed E-state index contributed by atoms with van der Waals surface area (Å²) < 4.78 is 24.3. The highest BCUT2D eigenvalue weighted by Gasteiger charge is 2.49. The van der Waals surface area contributed by atoms with Crippen LogP contribution in [0.2, 0.25) is 0 Å². The minimum atomic E-state index is -3.10. The average molecular weight is 322 g/mol. The predicted molar refractivity (Wildman–Crippen MR) is 86.6 cm³/mol. The Labute approximate surface area is 131 Å². The second-order valence-electron chi connectivity index (χ2n) is 6.63. The molecule has 0 spiro atoms. The van der Waals surface area contributed by atoms with Gasteiger partial charge in [0.15, 0.2) is 9.84 Å². The molecular formula is C16H22N2O3S. The molecule has 2 heterocycles. The molecule has 0 aliphatic carbocycles. The van der Waals surface area contributed by atoms with Gasteiger partial charge in [-0.2, -0.15) is 0 Å². The first-order chi connectivity index (χ1) is 10.4. The second kappa shape index (κ2) is 5.66. The predicted octanol–water partition coefficient (Wildman–Crippen LogP) is 1.16. The molecule has 0 aromatic heterocycles. The molecule has 5 nitrogen and oxygen atoms in total. The molecule has 2 atom stereocenters. The van der Waals surface area contributed by atoms with Crippen LogP contribution in [0.25, 0.3) is 0 Å². The molecule has 22 heavy (non-hydrogen) atoms. The zero-order valence-corrected chi connectivity index (χ0v) is 13.8. The fourth-order valence-corrected chi connectivity index (χ4v) is 5.53. The Kier molecular flexibility index (Phi) is 3.99. The lowest BCUT2D eigenvalue weighted by Gasteiger charge is -2.44. The fraction of sp³-hybridized carbons (Fsp3) is 0.562. The van der Waals surface area contributed by atoms with E-state index in [1.54, 1.807) is 4.90 Å². The molecule has 120 valence electrons. The summed E-state index contributed by atoms with van der Waals surface area (Å²) >= 11 is 0. The van der Waals surface area contributed by atoms with Gasteiger partial charge < -0.3 is 4.90 Å². The van der Waals surface area contributed by atoms with Gasteiger partial charge in [0.05, 0.1) is 24.1 Å². The minimum Gasteiger partial charge on any atom is -0.306 e. The van der Waals surface area contributed by atoms with Crippen molar-refractivity contribution < 1.29 is 13.2 Å². The van der Waals surface area contributed by atoms with Crippen molar-refractivity contribution in [2.24, 2.45) is 5.92 Å². The lowest BCUT2D eigenvalue weighted by Crippen LogP contribution is -2.62. The summed E-state index contributed by atoms with van der Waals surface area (Å²) in [6, 6.07) is 9.03. The van der Waals surface area contributed by atoms with Crippen molar-refractivity contribution in [1.82, 2.24) is 4.90 Å². The molecule has 1 aromatic rings. The molecule has 0 radical (unpaired) electrons. The van der Waals surface area contributed by atoms with Crippen LogP contribution in [0.4, 0.5) is 5.69 Å². The van der Waals surface area contributed by atoms with Gasteiger partial charge in [0.25, 0.3) is 0 Å². The largest absolute Gasteiger partial charge is 0.306 e. The molecule has 2 fully saturated rings. The number of fused-ring (bicyclic) bond motifs is 1. The van der Waals surface area contributed by atoms with E-state index in [9.17, 15) is 13.2 Å². The van der Waals surface area contributed by atoms with Crippen LogP contribution in [0.3, 0.4) is 0 Å². The van der Waals surface area contributed by atoms with Crippen LogP contribution in [0.15, 0.2) is 30.3 Å². The Morgan fingerprint density at radius 3 is 2.41 bits per heavy atom. The molecule has 6 heteroatoms. The van der Waals surface area contributed by atoms with Crippen molar-refractivity contribution in [2.75, 3.05) is 29.5 Å². The number of nitrogens with zero attached hydrogens (tertiary/aromatic N) is 2. The first-order valence-electron chi connectivity index (χ1n) is 7.69. The van der Waals surface area contributed by atoms with E-state index in [1.807, 2.05) is 30.3 Å². The number of amides is 1. The quantitative estimate of drug-likeness (QED) is 0.838. The Morgan fingerprint density at radius 1 is 1.14 bits per heavy atom. The lowest BCUT2D eigenvalue weighted by atomic mass is 10.0. The summed E-state index contributed by atoms with van der Waals surface area (Å²) in [5.74, 6) is 0.610. The highest BCUT2D eigenvalue weighted by atomic mass is 32.2. The third-order valence-electron chi connectivity index (χ3n) is 4.34. The lowest BCUT2D eigenvalue weighted by molar-refractivity contribution is -0.123. The Morgan fingerprint density at radius 2 is 1.77 bits per heavy atom. The number of rotatable bonds is 3. The van der Waals surface area contributed by atoms with Gasteiger partial charge in [-0.1, -0.05) is 32.0 Å². The van der Waals surface area contributed by atoms with Crippen LogP contribution < -0.4 is 4.90 Å². The standard InChI is InChI=1S/C16H22N2O3S/c1-12(2)8-17-9-16(19)18(13-6-4-3-5-7-13)15-11-22(20,21)10-14(15)17/h3-7,12,14-15H,8-11H2,1-2H3/t14-,15+/m0/s1. The Hall–Kier alpha value is -1.40. The number of benzene rings is 1. The summed E-state index contributed by atoms with van der Waals surface area (Å²) in [4.78, 5) is 16.4. The van der Waals surface area contributed by atoms with Gasteiger partial charge in [-0.15, -0.1) is 0 Å². The molecule has 2 aliphatic rings. The maximum absolute atomic E-state index is 12.6. The van der Waals surface area contributed by atoms with Gasteiger partial charge in [0.1, 0.15) is 0 Å². The maximum atomic E-state index is 12.6. The van der Waals surface area contributed by atoms with Gasteiger partial charge >= 0.3 is 0 Å². The molecule has 1 amide bonds. The smallest absolute Gasteiger partial charge is 0.241 e.